The maximum absolute atomic E-state index is 4.21. The van der Waals surface area contributed by atoms with Crippen molar-refractivity contribution in [2.45, 2.75) is 19.3 Å². The highest BCUT2D eigenvalue weighted by atomic mass is 15.1. The molecule has 18 heavy (non-hydrogen) atoms. The van der Waals surface area contributed by atoms with Gasteiger partial charge in [0.25, 0.3) is 0 Å². The third-order valence-corrected chi connectivity index (χ3v) is 3.50. The van der Waals surface area contributed by atoms with Gasteiger partial charge in [-0.1, -0.05) is 0 Å². The Morgan fingerprint density at radius 2 is 2.22 bits per heavy atom. The molecule has 0 bridgehead atoms. The molecule has 1 aromatic heterocycles. The first-order valence-corrected chi connectivity index (χ1v) is 6.70. The van der Waals surface area contributed by atoms with Crippen LogP contribution in [0.5, 0.6) is 0 Å². The maximum Gasteiger partial charge on any atom is 0.131 e. The Labute approximate surface area is 109 Å². The summed E-state index contributed by atoms with van der Waals surface area (Å²) in [5.74, 6) is 2.57. The summed E-state index contributed by atoms with van der Waals surface area (Å²) in [7, 11) is 4.08. The Bertz CT molecular complexity index is 368. The number of rotatable bonds is 5. The molecule has 1 unspecified atom stereocenters. The second-order valence-corrected chi connectivity index (χ2v) is 5.02. The molecule has 0 aromatic carbocycles. The summed E-state index contributed by atoms with van der Waals surface area (Å²) in [6.45, 7) is 3.47. The molecular formula is C13H23N5. The topological polar surface area (TPSA) is 53.1 Å². The molecule has 2 rings (SSSR count). The van der Waals surface area contributed by atoms with Crippen LogP contribution in [-0.4, -0.2) is 48.6 Å². The Kier molecular flexibility index (Phi) is 4.75. The summed E-state index contributed by atoms with van der Waals surface area (Å²) in [6.07, 6.45) is 5.49. The van der Waals surface area contributed by atoms with Gasteiger partial charge in [-0.2, -0.15) is 0 Å². The van der Waals surface area contributed by atoms with Crippen LogP contribution in [0.25, 0.3) is 0 Å². The summed E-state index contributed by atoms with van der Waals surface area (Å²) >= 11 is 0. The molecule has 0 amide bonds. The van der Waals surface area contributed by atoms with E-state index in [-0.39, 0.29) is 0 Å². The van der Waals surface area contributed by atoms with Crippen molar-refractivity contribution in [1.29, 1.82) is 0 Å². The number of aromatic nitrogens is 2. The second-order valence-electron chi connectivity index (χ2n) is 5.02. The fourth-order valence-electron chi connectivity index (χ4n) is 2.50. The Morgan fingerprint density at radius 1 is 1.39 bits per heavy atom. The first-order valence-electron chi connectivity index (χ1n) is 6.70. The van der Waals surface area contributed by atoms with Crippen LogP contribution < -0.4 is 10.6 Å². The minimum atomic E-state index is 0.821. The molecular weight excluding hydrogens is 226 g/mol. The molecule has 100 valence electrons. The molecule has 0 aliphatic carbocycles. The summed E-state index contributed by atoms with van der Waals surface area (Å²) in [6, 6.07) is 1.94. The average molecular weight is 249 g/mol. The molecule has 2 N–H and O–H groups in total. The van der Waals surface area contributed by atoms with E-state index in [1.165, 1.54) is 32.4 Å². The second kappa shape index (κ2) is 6.54. The van der Waals surface area contributed by atoms with Crippen molar-refractivity contribution in [3.63, 3.8) is 0 Å². The van der Waals surface area contributed by atoms with Crippen LogP contribution in [0.3, 0.4) is 0 Å². The minimum absolute atomic E-state index is 0.821. The summed E-state index contributed by atoms with van der Waals surface area (Å²) in [5, 5.41) is 6.39. The molecule has 1 aliphatic rings. The average Bonchev–Trinajstić information content (AvgIpc) is 2.39. The van der Waals surface area contributed by atoms with Crippen LogP contribution in [-0.2, 0) is 0 Å². The van der Waals surface area contributed by atoms with E-state index < -0.39 is 0 Å². The lowest BCUT2D eigenvalue weighted by atomic mass is 9.95. The van der Waals surface area contributed by atoms with Gasteiger partial charge in [-0.15, -0.1) is 0 Å². The van der Waals surface area contributed by atoms with Crippen molar-refractivity contribution in [3.8, 4) is 0 Å². The zero-order valence-electron chi connectivity index (χ0n) is 11.3. The van der Waals surface area contributed by atoms with E-state index in [1.807, 2.05) is 13.1 Å². The first-order chi connectivity index (χ1) is 8.78. The number of hydrogen-bond acceptors (Lipinski definition) is 5. The van der Waals surface area contributed by atoms with Gasteiger partial charge in [0.1, 0.15) is 18.0 Å². The molecule has 5 heteroatoms. The number of piperidine rings is 1. The van der Waals surface area contributed by atoms with E-state index in [9.17, 15) is 0 Å². The van der Waals surface area contributed by atoms with Gasteiger partial charge in [0.05, 0.1) is 0 Å². The van der Waals surface area contributed by atoms with Crippen LogP contribution in [0, 0.1) is 5.92 Å². The van der Waals surface area contributed by atoms with Gasteiger partial charge in [-0.3, -0.25) is 0 Å². The Balaban J connectivity index is 1.74. The van der Waals surface area contributed by atoms with E-state index in [1.54, 1.807) is 6.33 Å². The monoisotopic (exact) mass is 249 g/mol. The van der Waals surface area contributed by atoms with Crippen molar-refractivity contribution in [1.82, 2.24) is 14.9 Å². The maximum atomic E-state index is 4.21. The molecule has 0 radical (unpaired) electrons. The van der Waals surface area contributed by atoms with E-state index in [2.05, 4.69) is 32.5 Å². The molecule has 5 nitrogen and oxygen atoms in total. The van der Waals surface area contributed by atoms with Crippen molar-refractivity contribution in [2.24, 2.45) is 5.92 Å². The smallest absolute Gasteiger partial charge is 0.131 e. The first kappa shape index (κ1) is 13.1. The lowest BCUT2D eigenvalue weighted by molar-refractivity contribution is 0.205. The van der Waals surface area contributed by atoms with Gasteiger partial charge >= 0.3 is 0 Å². The highest BCUT2D eigenvalue weighted by Gasteiger charge is 2.16. The zero-order valence-corrected chi connectivity index (χ0v) is 11.3. The Hall–Kier alpha value is -1.36. The summed E-state index contributed by atoms with van der Waals surface area (Å²) < 4.78 is 0. The van der Waals surface area contributed by atoms with Gasteiger partial charge in [-0.05, 0) is 38.8 Å². The van der Waals surface area contributed by atoms with E-state index in [4.69, 9.17) is 0 Å². The standard InChI is InChI=1S/C13H23N5/c1-14-12-8-13(17-10-16-12)15-6-5-11-4-3-7-18(2)9-11/h8,10-11H,3-7,9H2,1-2H3,(H2,14,15,16,17). The summed E-state index contributed by atoms with van der Waals surface area (Å²) in [4.78, 5) is 10.7. The highest BCUT2D eigenvalue weighted by Crippen LogP contribution is 2.18. The van der Waals surface area contributed by atoms with Crippen LogP contribution >= 0.6 is 0 Å². The molecule has 1 aliphatic heterocycles. The number of nitrogens with one attached hydrogen (secondary N) is 2. The molecule has 1 aromatic rings. The van der Waals surface area contributed by atoms with Gasteiger partial charge in [0, 0.05) is 26.2 Å². The lowest BCUT2D eigenvalue weighted by Gasteiger charge is -2.29. The largest absolute Gasteiger partial charge is 0.373 e. The Morgan fingerprint density at radius 3 is 3.00 bits per heavy atom. The predicted molar refractivity (Wildman–Crippen MR) is 74.9 cm³/mol. The molecule has 1 saturated heterocycles. The van der Waals surface area contributed by atoms with Crippen LogP contribution in [0.1, 0.15) is 19.3 Å². The van der Waals surface area contributed by atoms with E-state index in [0.717, 1.165) is 24.1 Å². The van der Waals surface area contributed by atoms with E-state index >= 15 is 0 Å². The van der Waals surface area contributed by atoms with Crippen LogP contribution in [0.2, 0.25) is 0 Å². The normalized spacial score (nSPS) is 20.7. The van der Waals surface area contributed by atoms with Crippen molar-refractivity contribution < 1.29 is 0 Å². The molecule has 0 spiro atoms. The van der Waals surface area contributed by atoms with Crippen LogP contribution in [0.4, 0.5) is 11.6 Å². The quantitative estimate of drug-likeness (QED) is 0.831. The van der Waals surface area contributed by atoms with Crippen molar-refractivity contribution >= 4 is 11.6 Å². The summed E-state index contributed by atoms with van der Waals surface area (Å²) in [5.41, 5.74) is 0. The molecule has 1 fully saturated rings. The number of hydrogen-bond donors (Lipinski definition) is 2. The SMILES string of the molecule is CNc1cc(NCCC2CCCN(C)C2)ncn1. The predicted octanol–water partition coefficient (Wildman–Crippen LogP) is 1.66. The van der Waals surface area contributed by atoms with Gasteiger partial charge < -0.3 is 15.5 Å². The zero-order chi connectivity index (χ0) is 12.8. The molecule has 1 atom stereocenters. The highest BCUT2D eigenvalue weighted by molar-refractivity contribution is 5.45. The van der Waals surface area contributed by atoms with Crippen molar-refractivity contribution in [3.05, 3.63) is 12.4 Å². The van der Waals surface area contributed by atoms with Crippen LogP contribution in [0.15, 0.2) is 12.4 Å². The fourth-order valence-corrected chi connectivity index (χ4v) is 2.50. The minimum Gasteiger partial charge on any atom is -0.373 e. The van der Waals surface area contributed by atoms with Gasteiger partial charge in [0.15, 0.2) is 0 Å². The third-order valence-electron chi connectivity index (χ3n) is 3.50. The third kappa shape index (κ3) is 3.84. The van der Waals surface area contributed by atoms with E-state index in [0.29, 0.717) is 0 Å². The van der Waals surface area contributed by atoms with Gasteiger partial charge in [0.2, 0.25) is 0 Å². The fraction of sp³-hybridized carbons (Fsp3) is 0.692. The number of likely N-dealkylation sites (tertiary alicyclic amines) is 1. The molecule has 0 saturated carbocycles. The lowest BCUT2D eigenvalue weighted by Crippen LogP contribution is -2.32. The molecule has 2 heterocycles. The number of nitrogens with zero attached hydrogens (tertiary/aromatic N) is 3. The number of anilines is 2. The van der Waals surface area contributed by atoms with Gasteiger partial charge in [-0.25, -0.2) is 9.97 Å². The van der Waals surface area contributed by atoms with Crippen molar-refractivity contribution in [2.75, 3.05) is 44.4 Å².